The summed E-state index contributed by atoms with van der Waals surface area (Å²) in [4.78, 5) is 15.2. The van der Waals surface area contributed by atoms with Gasteiger partial charge in [0, 0.05) is 5.56 Å². The molecule has 0 spiro atoms. The predicted octanol–water partition coefficient (Wildman–Crippen LogP) is 4.88. The van der Waals surface area contributed by atoms with Gasteiger partial charge in [0.15, 0.2) is 5.78 Å². The monoisotopic (exact) mass is 307 g/mol. The molecule has 23 heavy (non-hydrogen) atoms. The van der Waals surface area contributed by atoms with Gasteiger partial charge in [-0.1, -0.05) is 86.8 Å². The Morgan fingerprint density at radius 3 is 2.22 bits per heavy atom. The highest BCUT2D eigenvalue weighted by Crippen LogP contribution is 2.44. The predicted molar refractivity (Wildman–Crippen MR) is 94.6 cm³/mol. The summed E-state index contributed by atoms with van der Waals surface area (Å²) >= 11 is 0. The van der Waals surface area contributed by atoms with E-state index in [2.05, 4.69) is 36.1 Å². The molecule has 0 amide bonds. The molecular formula is C21H25NO. The lowest BCUT2D eigenvalue weighted by Crippen LogP contribution is -2.14. The van der Waals surface area contributed by atoms with Crippen LogP contribution in [0.4, 0.5) is 0 Å². The van der Waals surface area contributed by atoms with Gasteiger partial charge in [0.1, 0.15) is 0 Å². The summed E-state index contributed by atoms with van der Waals surface area (Å²) in [5.41, 5.74) is 2.09. The molecule has 0 aromatic heterocycles. The summed E-state index contributed by atoms with van der Waals surface area (Å²) in [6.07, 6.45) is 4.95. The van der Waals surface area contributed by atoms with Crippen molar-refractivity contribution < 1.29 is 4.79 Å². The summed E-state index contributed by atoms with van der Waals surface area (Å²) in [7, 11) is 0. The number of hydrogen-bond donors (Lipinski definition) is 0. The van der Waals surface area contributed by atoms with Crippen molar-refractivity contribution in [1.82, 2.24) is 4.90 Å². The SMILES string of the molecule is CCCCCCN1C(C(=O)c2ccccc2)C1c1ccccc1. The molecule has 1 aliphatic heterocycles. The number of unbranched alkanes of at least 4 members (excludes halogenated alkanes) is 3. The van der Waals surface area contributed by atoms with Gasteiger partial charge in [-0.15, -0.1) is 0 Å². The minimum Gasteiger partial charge on any atom is -0.292 e. The third kappa shape index (κ3) is 3.70. The van der Waals surface area contributed by atoms with Crippen LogP contribution in [0.15, 0.2) is 60.7 Å². The molecular weight excluding hydrogens is 282 g/mol. The molecule has 3 unspecified atom stereocenters. The highest BCUT2D eigenvalue weighted by molar-refractivity contribution is 6.02. The lowest BCUT2D eigenvalue weighted by molar-refractivity contribution is 0.0973. The van der Waals surface area contributed by atoms with E-state index in [0.29, 0.717) is 0 Å². The number of hydrogen-bond acceptors (Lipinski definition) is 2. The van der Waals surface area contributed by atoms with Gasteiger partial charge in [0.05, 0.1) is 12.1 Å². The van der Waals surface area contributed by atoms with Crippen molar-refractivity contribution in [3.8, 4) is 0 Å². The second kappa shape index (κ2) is 7.56. The van der Waals surface area contributed by atoms with Gasteiger partial charge in [-0.3, -0.25) is 9.69 Å². The molecule has 2 aromatic carbocycles. The highest BCUT2D eigenvalue weighted by Gasteiger charge is 2.52. The normalized spacial score (nSPS) is 22.7. The molecule has 1 saturated heterocycles. The van der Waals surface area contributed by atoms with Gasteiger partial charge >= 0.3 is 0 Å². The van der Waals surface area contributed by atoms with Gasteiger partial charge in [-0.05, 0) is 18.5 Å². The van der Waals surface area contributed by atoms with Crippen LogP contribution in [0.3, 0.4) is 0 Å². The van der Waals surface area contributed by atoms with E-state index < -0.39 is 0 Å². The molecule has 2 nitrogen and oxygen atoms in total. The number of benzene rings is 2. The van der Waals surface area contributed by atoms with Crippen LogP contribution >= 0.6 is 0 Å². The molecule has 0 saturated carbocycles. The number of carbonyl (C=O) groups is 1. The first kappa shape index (κ1) is 15.9. The number of ketones is 1. The number of rotatable bonds is 8. The quantitative estimate of drug-likeness (QED) is 0.394. The lowest BCUT2D eigenvalue weighted by atomic mass is 10.0. The van der Waals surface area contributed by atoms with Gasteiger partial charge in [-0.2, -0.15) is 0 Å². The summed E-state index contributed by atoms with van der Waals surface area (Å²) in [5, 5.41) is 0. The fourth-order valence-electron chi connectivity index (χ4n) is 3.37. The maximum absolute atomic E-state index is 12.8. The van der Waals surface area contributed by atoms with E-state index in [0.717, 1.165) is 12.1 Å². The van der Waals surface area contributed by atoms with E-state index in [1.807, 2.05) is 36.4 Å². The summed E-state index contributed by atoms with van der Waals surface area (Å²) in [6.45, 7) is 3.24. The molecule has 0 bridgehead atoms. The van der Waals surface area contributed by atoms with Gasteiger partial charge < -0.3 is 0 Å². The Hall–Kier alpha value is -1.93. The molecule has 0 radical (unpaired) electrons. The van der Waals surface area contributed by atoms with Crippen LogP contribution in [0, 0.1) is 0 Å². The van der Waals surface area contributed by atoms with Crippen LogP contribution in [0.25, 0.3) is 0 Å². The lowest BCUT2D eigenvalue weighted by Gasteiger charge is -2.04. The molecule has 2 heteroatoms. The van der Waals surface area contributed by atoms with E-state index in [-0.39, 0.29) is 17.9 Å². The zero-order valence-electron chi connectivity index (χ0n) is 13.8. The molecule has 0 aliphatic carbocycles. The minimum absolute atomic E-state index is 0.0152. The van der Waals surface area contributed by atoms with Crippen LogP contribution in [0.2, 0.25) is 0 Å². The van der Waals surface area contributed by atoms with Gasteiger partial charge in [0.25, 0.3) is 0 Å². The largest absolute Gasteiger partial charge is 0.292 e. The van der Waals surface area contributed by atoms with Crippen molar-refractivity contribution in [2.75, 3.05) is 6.54 Å². The van der Waals surface area contributed by atoms with E-state index in [9.17, 15) is 4.79 Å². The highest BCUT2D eigenvalue weighted by atomic mass is 16.1. The molecule has 0 N–H and O–H groups in total. The Morgan fingerprint density at radius 2 is 1.57 bits per heavy atom. The molecule has 3 atom stereocenters. The van der Waals surface area contributed by atoms with E-state index in [1.54, 1.807) is 0 Å². The molecule has 3 rings (SSSR count). The Bertz CT molecular complexity index is 623. The third-order valence-electron chi connectivity index (χ3n) is 4.66. The number of Topliss-reactive ketones (excluding diaryl/α,β-unsaturated/α-hetero) is 1. The first-order valence-electron chi connectivity index (χ1n) is 8.73. The van der Waals surface area contributed by atoms with Gasteiger partial charge in [-0.25, -0.2) is 0 Å². The smallest absolute Gasteiger partial charge is 0.181 e. The molecule has 2 aromatic rings. The van der Waals surface area contributed by atoms with Crippen molar-refractivity contribution in [2.45, 2.75) is 44.7 Å². The average molecular weight is 307 g/mol. The topological polar surface area (TPSA) is 20.1 Å². The average Bonchev–Trinajstić information content (AvgIpc) is 3.34. The van der Waals surface area contributed by atoms with Crippen LogP contribution in [0.5, 0.6) is 0 Å². The standard InChI is InChI=1S/C21H25NO/c1-2-3-4-11-16-22-19(17-12-7-5-8-13-17)20(22)21(23)18-14-9-6-10-15-18/h5-10,12-15,19-20H,2-4,11,16H2,1H3. The Morgan fingerprint density at radius 1 is 0.913 bits per heavy atom. The summed E-state index contributed by atoms with van der Waals surface area (Å²) in [5.74, 6) is 0.259. The molecule has 1 fully saturated rings. The van der Waals surface area contributed by atoms with E-state index in [4.69, 9.17) is 0 Å². The Kier molecular flexibility index (Phi) is 5.24. The fraction of sp³-hybridized carbons (Fsp3) is 0.381. The van der Waals surface area contributed by atoms with Gasteiger partial charge in [0.2, 0.25) is 0 Å². The van der Waals surface area contributed by atoms with Crippen molar-refractivity contribution in [1.29, 1.82) is 0 Å². The zero-order valence-corrected chi connectivity index (χ0v) is 13.8. The van der Waals surface area contributed by atoms with Crippen LogP contribution < -0.4 is 0 Å². The Labute approximate surface area is 139 Å². The Balaban J connectivity index is 1.72. The zero-order chi connectivity index (χ0) is 16.1. The summed E-state index contributed by atoms with van der Waals surface area (Å²) in [6, 6.07) is 20.4. The van der Waals surface area contributed by atoms with Crippen LogP contribution in [0.1, 0.15) is 54.6 Å². The maximum atomic E-state index is 12.8. The van der Waals surface area contributed by atoms with Crippen LogP contribution in [-0.2, 0) is 0 Å². The second-order valence-electron chi connectivity index (χ2n) is 6.33. The molecule has 1 aliphatic rings. The number of nitrogens with zero attached hydrogens (tertiary/aromatic N) is 1. The number of carbonyl (C=O) groups excluding carboxylic acids is 1. The molecule has 1 heterocycles. The van der Waals surface area contributed by atoms with Crippen molar-refractivity contribution in [2.24, 2.45) is 0 Å². The second-order valence-corrected chi connectivity index (χ2v) is 6.33. The molecule has 120 valence electrons. The first-order valence-corrected chi connectivity index (χ1v) is 8.73. The van der Waals surface area contributed by atoms with E-state index >= 15 is 0 Å². The van der Waals surface area contributed by atoms with Crippen molar-refractivity contribution >= 4 is 5.78 Å². The minimum atomic E-state index is 0.0152. The van der Waals surface area contributed by atoms with Crippen molar-refractivity contribution in [3.63, 3.8) is 0 Å². The third-order valence-corrected chi connectivity index (χ3v) is 4.66. The van der Waals surface area contributed by atoms with Crippen LogP contribution in [-0.4, -0.2) is 23.3 Å². The summed E-state index contributed by atoms with van der Waals surface area (Å²) < 4.78 is 0. The maximum Gasteiger partial charge on any atom is 0.181 e. The first-order chi connectivity index (χ1) is 11.3. The fourth-order valence-corrected chi connectivity index (χ4v) is 3.37. The van der Waals surface area contributed by atoms with Crippen molar-refractivity contribution in [3.05, 3.63) is 71.8 Å². The van der Waals surface area contributed by atoms with E-state index in [1.165, 1.54) is 31.2 Å².